The van der Waals surface area contributed by atoms with E-state index < -0.39 is 0 Å². The van der Waals surface area contributed by atoms with Crippen molar-refractivity contribution in [2.45, 2.75) is 19.9 Å². The fourth-order valence-corrected chi connectivity index (χ4v) is 2.17. The van der Waals surface area contributed by atoms with Gasteiger partial charge in [-0.05, 0) is 38.1 Å². The quantitative estimate of drug-likeness (QED) is 0.801. The van der Waals surface area contributed by atoms with Gasteiger partial charge in [0.05, 0.1) is 11.0 Å². The summed E-state index contributed by atoms with van der Waals surface area (Å²) >= 11 is 0. The molecule has 0 aliphatic carbocycles. The first-order valence-electron chi connectivity index (χ1n) is 6.85. The molecule has 21 heavy (non-hydrogen) atoms. The third-order valence-corrected chi connectivity index (χ3v) is 3.08. The molecule has 1 aromatic carbocycles. The van der Waals surface area contributed by atoms with Gasteiger partial charge in [0.15, 0.2) is 0 Å². The Bertz CT molecular complexity index is 792. The Morgan fingerprint density at radius 3 is 2.76 bits per heavy atom. The highest BCUT2D eigenvalue weighted by Crippen LogP contribution is 2.14. The molecule has 2 heterocycles. The van der Waals surface area contributed by atoms with Gasteiger partial charge in [0.2, 0.25) is 0 Å². The van der Waals surface area contributed by atoms with Crippen molar-refractivity contribution < 1.29 is 4.79 Å². The van der Waals surface area contributed by atoms with Crippen LogP contribution in [0.5, 0.6) is 0 Å². The van der Waals surface area contributed by atoms with Gasteiger partial charge < -0.3 is 5.32 Å². The van der Waals surface area contributed by atoms with Gasteiger partial charge in [-0.25, -0.2) is 9.97 Å². The molecule has 2 aromatic heterocycles. The largest absolute Gasteiger partial charge is 0.368 e. The lowest BCUT2D eigenvalue weighted by Crippen LogP contribution is -2.15. The van der Waals surface area contributed by atoms with Gasteiger partial charge in [-0.1, -0.05) is 18.2 Å². The zero-order valence-electron chi connectivity index (χ0n) is 11.9. The first-order chi connectivity index (χ1) is 10.1. The molecule has 0 saturated carbocycles. The molecule has 5 heteroatoms. The number of aromatic nitrogens is 3. The van der Waals surface area contributed by atoms with Gasteiger partial charge in [-0.3, -0.25) is 9.36 Å². The van der Waals surface area contributed by atoms with Crippen LogP contribution in [0.25, 0.3) is 11.0 Å². The molecular formula is C16H16N4O. The highest BCUT2D eigenvalue weighted by molar-refractivity contribution is 5.99. The molecule has 0 fully saturated rings. The minimum absolute atomic E-state index is 0.184. The summed E-state index contributed by atoms with van der Waals surface area (Å²) in [5.74, 6) is 0.511. The van der Waals surface area contributed by atoms with Gasteiger partial charge in [-0.15, -0.1) is 0 Å². The van der Waals surface area contributed by atoms with Crippen molar-refractivity contribution in [3.8, 4) is 0 Å². The Labute approximate surface area is 122 Å². The Balaban J connectivity index is 1.98. The van der Waals surface area contributed by atoms with Gasteiger partial charge in [0.1, 0.15) is 17.8 Å². The van der Waals surface area contributed by atoms with Crippen LogP contribution in [0.3, 0.4) is 0 Å². The number of fused-ring (bicyclic) bond motifs is 1. The summed E-state index contributed by atoms with van der Waals surface area (Å²) in [6, 6.07) is 13.2. The number of rotatable bonds is 3. The first-order valence-corrected chi connectivity index (χ1v) is 6.85. The summed E-state index contributed by atoms with van der Waals surface area (Å²) < 4.78 is 1.52. The number of nitrogens with one attached hydrogen (secondary N) is 1. The third-order valence-electron chi connectivity index (χ3n) is 3.08. The fourth-order valence-electron chi connectivity index (χ4n) is 2.17. The number of pyridine rings is 1. The molecule has 0 radical (unpaired) electrons. The molecule has 0 saturated heterocycles. The van der Waals surface area contributed by atoms with E-state index in [-0.39, 0.29) is 11.9 Å². The summed E-state index contributed by atoms with van der Waals surface area (Å²) in [5, 5.41) is 3.19. The van der Waals surface area contributed by atoms with E-state index >= 15 is 0 Å². The molecule has 3 aromatic rings. The number of nitrogens with zero attached hydrogens (tertiary/aromatic N) is 3. The second kappa shape index (κ2) is 5.36. The normalized spacial score (nSPS) is 11.0. The molecular weight excluding hydrogens is 264 g/mol. The van der Waals surface area contributed by atoms with E-state index in [1.54, 1.807) is 6.07 Å². The van der Waals surface area contributed by atoms with Crippen molar-refractivity contribution in [1.82, 2.24) is 14.5 Å². The lowest BCUT2D eigenvalue weighted by Gasteiger charge is -2.10. The maximum absolute atomic E-state index is 12.6. The average molecular weight is 280 g/mol. The molecule has 0 unspecified atom stereocenters. The van der Waals surface area contributed by atoms with Crippen LogP contribution < -0.4 is 5.32 Å². The highest BCUT2D eigenvalue weighted by atomic mass is 16.2. The summed E-state index contributed by atoms with van der Waals surface area (Å²) in [5.41, 5.74) is 1.97. The summed E-state index contributed by atoms with van der Waals surface area (Å²) in [7, 11) is 0. The second-order valence-corrected chi connectivity index (χ2v) is 5.12. The fraction of sp³-hybridized carbons (Fsp3) is 0.188. The van der Waals surface area contributed by atoms with Crippen LogP contribution in [0, 0.1) is 0 Å². The zero-order chi connectivity index (χ0) is 14.8. The second-order valence-electron chi connectivity index (χ2n) is 5.12. The summed E-state index contributed by atoms with van der Waals surface area (Å²) in [4.78, 5) is 21.2. The Kier molecular flexibility index (Phi) is 3.39. The standard InChI is InChI=1S/C16H16N4O/c1-11(2)18-15-9-5-7-13(19-15)16(21)20-10-17-12-6-3-4-8-14(12)20/h3-11H,1-2H3,(H,18,19). The monoisotopic (exact) mass is 280 g/mol. The van der Waals surface area contributed by atoms with Crippen LogP contribution in [-0.2, 0) is 0 Å². The molecule has 1 N–H and O–H groups in total. The maximum atomic E-state index is 12.6. The number of para-hydroxylation sites is 2. The van der Waals surface area contributed by atoms with E-state index in [2.05, 4.69) is 15.3 Å². The number of imidazole rings is 1. The predicted molar refractivity (Wildman–Crippen MR) is 82.5 cm³/mol. The Morgan fingerprint density at radius 1 is 1.14 bits per heavy atom. The Hall–Kier alpha value is -2.69. The molecule has 3 rings (SSSR count). The van der Waals surface area contributed by atoms with Crippen molar-refractivity contribution in [3.63, 3.8) is 0 Å². The van der Waals surface area contributed by atoms with Crippen molar-refractivity contribution in [1.29, 1.82) is 0 Å². The third kappa shape index (κ3) is 2.63. The number of carbonyl (C=O) groups is 1. The molecule has 5 nitrogen and oxygen atoms in total. The smallest absolute Gasteiger partial charge is 0.282 e. The molecule has 106 valence electrons. The average Bonchev–Trinajstić information content (AvgIpc) is 2.90. The molecule has 0 atom stereocenters. The number of anilines is 1. The van der Waals surface area contributed by atoms with E-state index in [1.807, 2.05) is 50.2 Å². The molecule has 0 amide bonds. The number of benzene rings is 1. The van der Waals surface area contributed by atoms with Gasteiger partial charge >= 0.3 is 0 Å². The van der Waals surface area contributed by atoms with Crippen LogP contribution in [0.15, 0.2) is 48.8 Å². The van der Waals surface area contributed by atoms with Gasteiger partial charge in [0.25, 0.3) is 5.91 Å². The predicted octanol–water partition coefficient (Wildman–Crippen LogP) is 2.94. The van der Waals surface area contributed by atoms with Crippen LogP contribution in [0.4, 0.5) is 5.82 Å². The summed E-state index contributed by atoms with van der Waals surface area (Å²) in [6.07, 6.45) is 1.54. The van der Waals surface area contributed by atoms with Crippen LogP contribution >= 0.6 is 0 Å². The minimum atomic E-state index is -0.184. The van der Waals surface area contributed by atoms with E-state index in [0.717, 1.165) is 11.0 Å². The van der Waals surface area contributed by atoms with Crippen molar-refractivity contribution in [2.75, 3.05) is 5.32 Å². The van der Waals surface area contributed by atoms with E-state index in [1.165, 1.54) is 10.9 Å². The van der Waals surface area contributed by atoms with E-state index in [0.29, 0.717) is 11.5 Å². The van der Waals surface area contributed by atoms with Crippen molar-refractivity contribution in [3.05, 3.63) is 54.5 Å². The molecule has 0 bridgehead atoms. The summed E-state index contributed by atoms with van der Waals surface area (Å²) in [6.45, 7) is 4.05. The van der Waals surface area contributed by atoms with Gasteiger partial charge in [0, 0.05) is 6.04 Å². The maximum Gasteiger partial charge on any atom is 0.282 e. The highest BCUT2D eigenvalue weighted by Gasteiger charge is 2.14. The Morgan fingerprint density at radius 2 is 1.95 bits per heavy atom. The molecule has 0 spiro atoms. The molecule has 0 aliphatic heterocycles. The van der Waals surface area contributed by atoms with Crippen molar-refractivity contribution in [2.24, 2.45) is 0 Å². The number of hydrogen-bond acceptors (Lipinski definition) is 4. The SMILES string of the molecule is CC(C)Nc1cccc(C(=O)n2cnc3ccccc32)n1. The minimum Gasteiger partial charge on any atom is -0.368 e. The van der Waals surface area contributed by atoms with Crippen LogP contribution in [0.2, 0.25) is 0 Å². The van der Waals surface area contributed by atoms with E-state index in [9.17, 15) is 4.79 Å². The number of hydrogen-bond donors (Lipinski definition) is 1. The number of carbonyl (C=O) groups excluding carboxylic acids is 1. The van der Waals surface area contributed by atoms with Crippen LogP contribution in [0.1, 0.15) is 24.3 Å². The zero-order valence-corrected chi connectivity index (χ0v) is 11.9. The first kappa shape index (κ1) is 13.3. The van der Waals surface area contributed by atoms with E-state index in [4.69, 9.17) is 0 Å². The van der Waals surface area contributed by atoms with Crippen LogP contribution in [-0.4, -0.2) is 26.5 Å². The lowest BCUT2D eigenvalue weighted by atomic mass is 10.3. The van der Waals surface area contributed by atoms with Gasteiger partial charge in [-0.2, -0.15) is 0 Å². The molecule has 0 aliphatic rings. The lowest BCUT2D eigenvalue weighted by molar-refractivity contribution is 0.0959. The van der Waals surface area contributed by atoms with Crippen molar-refractivity contribution >= 4 is 22.8 Å². The topological polar surface area (TPSA) is 59.8 Å².